The summed E-state index contributed by atoms with van der Waals surface area (Å²) in [5.74, 6) is 0.248. The lowest BCUT2D eigenvalue weighted by molar-refractivity contribution is -0.139. The van der Waals surface area contributed by atoms with Crippen molar-refractivity contribution in [2.75, 3.05) is 26.2 Å². The van der Waals surface area contributed by atoms with E-state index in [0.29, 0.717) is 17.2 Å². The Bertz CT molecular complexity index is 788. The Hall–Kier alpha value is -0.670. The van der Waals surface area contributed by atoms with E-state index in [1.807, 2.05) is 4.90 Å². The number of thiophene rings is 1. The molecule has 1 aliphatic heterocycles. The van der Waals surface area contributed by atoms with Gasteiger partial charge in [0.05, 0.1) is 4.34 Å². The van der Waals surface area contributed by atoms with Crippen LogP contribution in [0.1, 0.15) is 46.5 Å². The first kappa shape index (κ1) is 22.0. The molecule has 28 heavy (non-hydrogen) atoms. The van der Waals surface area contributed by atoms with E-state index in [1.54, 1.807) is 6.07 Å². The minimum absolute atomic E-state index is 0.0122. The van der Waals surface area contributed by atoms with Crippen molar-refractivity contribution in [2.45, 2.75) is 62.2 Å². The van der Waals surface area contributed by atoms with Crippen LogP contribution in [-0.2, 0) is 14.8 Å². The second kappa shape index (κ2) is 8.60. The Labute approximate surface area is 177 Å². The van der Waals surface area contributed by atoms with Crippen molar-refractivity contribution in [2.24, 2.45) is 5.92 Å². The molecule has 158 valence electrons. The second-order valence-electron chi connectivity index (χ2n) is 8.71. The quantitative estimate of drug-likeness (QED) is 0.769. The maximum Gasteiger partial charge on any atom is 0.250 e. The molecule has 3 rings (SSSR count). The van der Waals surface area contributed by atoms with Gasteiger partial charge in [-0.15, -0.1) is 11.3 Å². The highest BCUT2D eigenvalue weighted by atomic mass is 35.5. The smallest absolute Gasteiger partial charge is 0.250 e. The molecule has 2 aliphatic rings. The summed E-state index contributed by atoms with van der Waals surface area (Å²) in [5.41, 5.74) is 0.136. The van der Waals surface area contributed by atoms with E-state index >= 15 is 0 Å². The molecule has 0 atom stereocenters. The van der Waals surface area contributed by atoms with E-state index in [9.17, 15) is 13.2 Å². The number of sulfonamides is 1. The Morgan fingerprint density at radius 2 is 1.71 bits per heavy atom. The Morgan fingerprint density at radius 1 is 1.11 bits per heavy atom. The number of carbonyl (C=O) groups excluding carboxylic acids is 1. The van der Waals surface area contributed by atoms with Crippen LogP contribution in [0.4, 0.5) is 0 Å². The van der Waals surface area contributed by atoms with Crippen LogP contribution >= 0.6 is 22.9 Å². The fourth-order valence-electron chi connectivity index (χ4n) is 4.03. The van der Waals surface area contributed by atoms with Gasteiger partial charge >= 0.3 is 0 Å². The van der Waals surface area contributed by atoms with E-state index in [1.165, 1.54) is 6.07 Å². The van der Waals surface area contributed by atoms with Gasteiger partial charge in [0.2, 0.25) is 15.9 Å². The maximum atomic E-state index is 12.9. The summed E-state index contributed by atoms with van der Waals surface area (Å²) in [6, 6.07) is 3.00. The van der Waals surface area contributed by atoms with Crippen LogP contribution in [0.25, 0.3) is 0 Å². The lowest BCUT2D eigenvalue weighted by Crippen LogP contribution is -2.55. The molecule has 0 spiro atoms. The zero-order chi connectivity index (χ0) is 20.5. The van der Waals surface area contributed by atoms with Gasteiger partial charge in [-0.1, -0.05) is 11.6 Å². The van der Waals surface area contributed by atoms with Crippen LogP contribution in [0.15, 0.2) is 16.3 Å². The predicted molar refractivity (Wildman–Crippen MR) is 113 cm³/mol. The van der Waals surface area contributed by atoms with Crippen LogP contribution in [-0.4, -0.2) is 61.9 Å². The van der Waals surface area contributed by atoms with Gasteiger partial charge in [0.1, 0.15) is 4.21 Å². The van der Waals surface area contributed by atoms with Gasteiger partial charge in [-0.3, -0.25) is 9.69 Å². The lowest BCUT2D eigenvalue weighted by atomic mass is 9.85. The molecule has 0 aromatic carbocycles. The van der Waals surface area contributed by atoms with Crippen molar-refractivity contribution in [3.8, 4) is 0 Å². The van der Waals surface area contributed by atoms with Crippen molar-refractivity contribution in [3.05, 3.63) is 16.5 Å². The summed E-state index contributed by atoms with van der Waals surface area (Å²) in [4.78, 5) is 17.3. The normalized spacial score (nSPS) is 25.1. The first-order valence-corrected chi connectivity index (χ1v) is 12.6. The molecule has 6 nitrogen and oxygen atoms in total. The highest BCUT2D eigenvalue weighted by molar-refractivity contribution is 7.91. The molecule has 1 N–H and O–H groups in total. The molecule has 2 heterocycles. The molecule has 0 unspecified atom stereocenters. The number of nitrogens with one attached hydrogen (secondary N) is 1. The molecule has 9 heteroatoms. The Balaban J connectivity index is 1.48. The minimum atomic E-state index is -3.53. The van der Waals surface area contributed by atoms with Gasteiger partial charge in [0.15, 0.2) is 0 Å². The number of piperazine rings is 1. The van der Waals surface area contributed by atoms with Gasteiger partial charge in [-0.25, -0.2) is 13.1 Å². The van der Waals surface area contributed by atoms with Gasteiger partial charge in [-0.05, 0) is 58.6 Å². The van der Waals surface area contributed by atoms with Crippen LogP contribution in [0.5, 0.6) is 0 Å². The maximum absolute atomic E-state index is 12.9. The average Bonchev–Trinajstić information content (AvgIpc) is 3.08. The largest absolute Gasteiger partial charge is 0.340 e. The molecule has 1 aliphatic carbocycles. The van der Waals surface area contributed by atoms with Crippen molar-refractivity contribution in [1.82, 2.24) is 14.5 Å². The number of carbonyl (C=O) groups is 1. The molecule has 1 amide bonds. The van der Waals surface area contributed by atoms with Gasteiger partial charge in [0, 0.05) is 43.7 Å². The van der Waals surface area contributed by atoms with E-state index in [4.69, 9.17) is 11.6 Å². The van der Waals surface area contributed by atoms with E-state index in [-0.39, 0.29) is 27.6 Å². The minimum Gasteiger partial charge on any atom is -0.340 e. The topological polar surface area (TPSA) is 69.7 Å². The number of hydrogen-bond acceptors (Lipinski definition) is 5. The van der Waals surface area contributed by atoms with E-state index in [0.717, 1.165) is 50.4 Å². The van der Waals surface area contributed by atoms with E-state index in [2.05, 4.69) is 30.4 Å². The summed E-state index contributed by atoms with van der Waals surface area (Å²) >= 11 is 6.91. The number of halogens is 1. The highest BCUT2D eigenvalue weighted by Gasteiger charge is 2.34. The van der Waals surface area contributed by atoms with Gasteiger partial charge in [-0.2, -0.15) is 0 Å². The molecule has 1 aromatic heterocycles. The van der Waals surface area contributed by atoms with Gasteiger partial charge in [0.25, 0.3) is 0 Å². The molecule has 0 bridgehead atoms. The monoisotopic (exact) mass is 447 g/mol. The molecular weight excluding hydrogens is 418 g/mol. The lowest BCUT2D eigenvalue weighted by Gasteiger charge is -2.43. The van der Waals surface area contributed by atoms with Crippen molar-refractivity contribution in [1.29, 1.82) is 0 Å². The number of nitrogens with zero attached hydrogens (tertiary/aromatic N) is 2. The van der Waals surface area contributed by atoms with Crippen LogP contribution in [0, 0.1) is 5.92 Å². The van der Waals surface area contributed by atoms with Crippen molar-refractivity contribution < 1.29 is 13.2 Å². The third-order valence-electron chi connectivity index (χ3n) is 5.75. The zero-order valence-corrected chi connectivity index (χ0v) is 19.2. The van der Waals surface area contributed by atoms with Crippen LogP contribution < -0.4 is 4.72 Å². The summed E-state index contributed by atoms with van der Waals surface area (Å²) in [7, 11) is -3.53. The molecule has 0 radical (unpaired) electrons. The molecule has 1 aromatic rings. The third-order valence-corrected chi connectivity index (χ3v) is 9.00. The molecule has 1 saturated carbocycles. The first-order chi connectivity index (χ1) is 13.1. The fraction of sp³-hybridized carbons (Fsp3) is 0.737. The standard InChI is InChI=1S/C19H30ClN3O3S2/c1-19(2,3)23-12-10-22(11-13-23)18(24)14-4-6-15(7-5-14)21-28(25,26)17-9-8-16(20)27-17/h8-9,14-15,21H,4-7,10-13H2,1-3H3/t14-,15-. The van der Waals surface area contributed by atoms with Crippen LogP contribution in [0.2, 0.25) is 4.34 Å². The van der Waals surface area contributed by atoms with Gasteiger partial charge < -0.3 is 4.90 Å². The number of rotatable bonds is 4. The zero-order valence-electron chi connectivity index (χ0n) is 16.8. The summed E-state index contributed by atoms with van der Waals surface area (Å²) in [5, 5.41) is 0. The first-order valence-electron chi connectivity index (χ1n) is 9.88. The summed E-state index contributed by atoms with van der Waals surface area (Å²) in [6.45, 7) is 10.00. The van der Waals surface area contributed by atoms with Crippen molar-refractivity contribution >= 4 is 38.9 Å². The number of amides is 1. The van der Waals surface area contributed by atoms with Crippen LogP contribution in [0.3, 0.4) is 0 Å². The SMILES string of the molecule is CC(C)(C)N1CCN(C(=O)[C@H]2CC[C@H](NS(=O)(=O)c3ccc(Cl)s3)CC2)CC1. The highest BCUT2D eigenvalue weighted by Crippen LogP contribution is 2.30. The Morgan fingerprint density at radius 3 is 2.21 bits per heavy atom. The molecule has 2 fully saturated rings. The third kappa shape index (κ3) is 5.27. The second-order valence-corrected chi connectivity index (χ2v) is 12.4. The van der Waals surface area contributed by atoms with E-state index < -0.39 is 10.0 Å². The summed E-state index contributed by atoms with van der Waals surface area (Å²) < 4.78 is 28.4. The summed E-state index contributed by atoms with van der Waals surface area (Å²) in [6.07, 6.45) is 2.85. The predicted octanol–water partition coefficient (Wildman–Crippen LogP) is 3.18. The number of hydrogen-bond donors (Lipinski definition) is 1. The molecular formula is C19H30ClN3O3S2. The van der Waals surface area contributed by atoms with Crippen molar-refractivity contribution in [3.63, 3.8) is 0 Å². The Kier molecular flexibility index (Phi) is 6.76. The average molecular weight is 448 g/mol. The fourth-order valence-corrected chi connectivity index (χ4v) is 6.84. The molecule has 1 saturated heterocycles.